The van der Waals surface area contributed by atoms with E-state index in [-0.39, 0.29) is 28.4 Å². The maximum Gasteiger partial charge on any atom is 0.298 e. The number of phenolic OH excluding ortho intramolecular Hbond substituents is 1. The largest absolute Gasteiger partial charge is 0.507 e. The highest BCUT2D eigenvalue weighted by Gasteiger charge is 2.19. The highest BCUT2D eigenvalue weighted by molar-refractivity contribution is 6.12. The summed E-state index contributed by atoms with van der Waals surface area (Å²) in [7, 11) is 0. The summed E-state index contributed by atoms with van der Waals surface area (Å²) < 4.78 is 4.92. The molecule has 31 heavy (non-hydrogen) atoms. The first-order valence-electron chi connectivity index (χ1n) is 11.4. The molecule has 0 heterocycles. The average Bonchev–Trinajstić information content (AvgIpc) is 2.78. The number of carbonyl (C=O) groups excluding carboxylic acids is 2. The van der Waals surface area contributed by atoms with Crippen molar-refractivity contribution in [3.63, 3.8) is 0 Å². The van der Waals surface area contributed by atoms with Gasteiger partial charge in [-0.15, -0.1) is 0 Å². The summed E-state index contributed by atoms with van der Waals surface area (Å²) in [6.45, 7) is 6.58. The number of hydrogen-bond acceptors (Lipinski definition) is 5. The van der Waals surface area contributed by atoms with Crippen molar-refractivity contribution in [3.05, 3.63) is 53.6 Å². The average molecular weight is 426 g/mol. The maximum atomic E-state index is 13.0. The van der Waals surface area contributed by atoms with E-state index in [4.69, 9.17) is 4.74 Å². The molecule has 2 aromatic carbocycles. The van der Waals surface area contributed by atoms with Gasteiger partial charge in [0.1, 0.15) is 11.5 Å². The van der Waals surface area contributed by atoms with Crippen LogP contribution >= 0.6 is 0 Å². The first-order valence-corrected chi connectivity index (χ1v) is 11.4. The van der Waals surface area contributed by atoms with Crippen molar-refractivity contribution in [1.29, 1.82) is 0 Å². The van der Waals surface area contributed by atoms with Crippen LogP contribution in [0.2, 0.25) is 0 Å². The highest BCUT2D eigenvalue weighted by Crippen LogP contribution is 2.30. The number of nitrogens with zero attached hydrogens (tertiary/aromatic N) is 1. The Morgan fingerprint density at radius 2 is 1.55 bits per heavy atom. The Morgan fingerprint density at radius 1 is 0.903 bits per heavy atom. The van der Waals surface area contributed by atoms with E-state index < -0.39 is 0 Å². The second-order valence-electron chi connectivity index (χ2n) is 7.85. The minimum atomic E-state index is -0.376. The molecule has 0 aliphatic carbocycles. The molecule has 0 aromatic heterocycles. The quantitative estimate of drug-likeness (QED) is 0.211. The fourth-order valence-corrected chi connectivity index (χ4v) is 3.69. The lowest BCUT2D eigenvalue weighted by Gasteiger charge is -2.25. The van der Waals surface area contributed by atoms with Crippen LogP contribution in [-0.4, -0.2) is 30.5 Å². The highest BCUT2D eigenvalue weighted by atomic mass is 16.5. The lowest BCUT2D eigenvalue weighted by Crippen LogP contribution is -2.25. The molecule has 0 aliphatic heterocycles. The van der Waals surface area contributed by atoms with Crippen molar-refractivity contribution in [2.45, 2.75) is 65.2 Å². The second kappa shape index (κ2) is 13.5. The number of unbranched alkanes of at least 4 members (excludes halogenated alkanes) is 6. The van der Waals surface area contributed by atoms with Crippen LogP contribution in [-0.2, 0) is 4.79 Å². The van der Waals surface area contributed by atoms with Crippen molar-refractivity contribution < 1.29 is 19.4 Å². The van der Waals surface area contributed by atoms with E-state index in [0.29, 0.717) is 6.47 Å². The summed E-state index contributed by atoms with van der Waals surface area (Å²) in [5.74, 6) is -0.256. The third kappa shape index (κ3) is 7.42. The topological polar surface area (TPSA) is 66.8 Å². The molecule has 0 radical (unpaired) electrons. The van der Waals surface area contributed by atoms with Crippen LogP contribution in [0.25, 0.3) is 0 Å². The van der Waals surface area contributed by atoms with Gasteiger partial charge in [0.05, 0.1) is 11.1 Å². The van der Waals surface area contributed by atoms with E-state index in [0.717, 1.165) is 31.6 Å². The van der Waals surface area contributed by atoms with Crippen LogP contribution in [0.5, 0.6) is 11.5 Å². The van der Waals surface area contributed by atoms with Gasteiger partial charge in [0, 0.05) is 24.8 Å². The van der Waals surface area contributed by atoms with Crippen molar-refractivity contribution >= 4 is 17.9 Å². The van der Waals surface area contributed by atoms with Crippen molar-refractivity contribution in [3.8, 4) is 11.5 Å². The van der Waals surface area contributed by atoms with Gasteiger partial charge in [-0.25, -0.2) is 0 Å². The molecule has 5 nitrogen and oxygen atoms in total. The number of phenols is 1. The lowest BCUT2D eigenvalue weighted by atomic mass is 10.0. The summed E-state index contributed by atoms with van der Waals surface area (Å²) >= 11 is 0. The number of para-hydroxylation sites is 1. The number of ether oxygens (including phenoxy) is 1. The molecular weight excluding hydrogens is 390 g/mol. The number of anilines is 1. The fraction of sp³-hybridized carbons (Fsp3) is 0.462. The smallest absolute Gasteiger partial charge is 0.298 e. The monoisotopic (exact) mass is 425 g/mol. The van der Waals surface area contributed by atoms with Crippen molar-refractivity contribution in [2.24, 2.45) is 0 Å². The van der Waals surface area contributed by atoms with Gasteiger partial charge in [-0.05, 0) is 37.1 Å². The Bertz CT molecular complexity index is 822. The molecule has 0 atom stereocenters. The summed E-state index contributed by atoms with van der Waals surface area (Å²) in [5.41, 5.74) is 1.37. The van der Waals surface area contributed by atoms with Crippen molar-refractivity contribution in [2.75, 3.05) is 18.0 Å². The van der Waals surface area contributed by atoms with Gasteiger partial charge in [-0.1, -0.05) is 64.5 Å². The molecule has 0 amide bonds. The van der Waals surface area contributed by atoms with Crippen LogP contribution in [0.3, 0.4) is 0 Å². The molecule has 0 spiro atoms. The van der Waals surface area contributed by atoms with E-state index in [1.54, 1.807) is 36.4 Å². The van der Waals surface area contributed by atoms with Gasteiger partial charge in [-0.2, -0.15) is 0 Å². The van der Waals surface area contributed by atoms with Gasteiger partial charge in [0.2, 0.25) is 0 Å². The van der Waals surface area contributed by atoms with Gasteiger partial charge in [0.25, 0.3) is 6.47 Å². The van der Waals surface area contributed by atoms with E-state index in [1.165, 1.54) is 38.5 Å². The Kier molecular flexibility index (Phi) is 10.6. The third-order valence-corrected chi connectivity index (χ3v) is 5.46. The molecule has 2 aromatic rings. The molecule has 1 N–H and O–H groups in total. The molecule has 0 fully saturated rings. The molecule has 168 valence electrons. The van der Waals surface area contributed by atoms with Crippen LogP contribution in [0.4, 0.5) is 5.69 Å². The summed E-state index contributed by atoms with van der Waals surface area (Å²) in [6, 6.07) is 11.8. The van der Waals surface area contributed by atoms with Gasteiger partial charge >= 0.3 is 0 Å². The Hall–Kier alpha value is -2.82. The minimum Gasteiger partial charge on any atom is -0.507 e. The normalized spacial score (nSPS) is 10.6. The predicted molar refractivity (Wildman–Crippen MR) is 125 cm³/mol. The van der Waals surface area contributed by atoms with Crippen molar-refractivity contribution in [1.82, 2.24) is 0 Å². The third-order valence-electron chi connectivity index (χ3n) is 5.46. The molecule has 0 saturated carbocycles. The Balaban J connectivity index is 2.19. The second-order valence-corrected chi connectivity index (χ2v) is 7.85. The lowest BCUT2D eigenvalue weighted by molar-refractivity contribution is -0.120. The maximum absolute atomic E-state index is 13.0. The zero-order chi connectivity index (χ0) is 22.5. The number of aromatic hydroxyl groups is 1. The molecule has 0 saturated heterocycles. The van der Waals surface area contributed by atoms with E-state index in [2.05, 4.69) is 18.7 Å². The Labute approximate surface area is 186 Å². The molecule has 5 heteroatoms. The van der Waals surface area contributed by atoms with E-state index >= 15 is 0 Å². The van der Waals surface area contributed by atoms with Crippen LogP contribution in [0, 0.1) is 0 Å². The fourth-order valence-electron chi connectivity index (χ4n) is 3.69. The van der Waals surface area contributed by atoms with Crippen LogP contribution in [0.1, 0.15) is 81.1 Å². The number of hydrogen-bond donors (Lipinski definition) is 1. The Morgan fingerprint density at radius 3 is 2.13 bits per heavy atom. The minimum absolute atomic E-state index is 0.0597. The molecule has 2 rings (SSSR count). The number of ketones is 1. The molecule has 0 aliphatic rings. The number of carbonyl (C=O) groups is 2. The van der Waals surface area contributed by atoms with Crippen LogP contribution < -0.4 is 9.64 Å². The molecule has 0 bridgehead atoms. The summed E-state index contributed by atoms with van der Waals surface area (Å²) in [6.07, 6.45) is 9.46. The number of benzene rings is 2. The zero-order valence-corrected chi connectivity index (χ0v) is 18.8. The van der Waals surface area contributed by atoms with E-state index in [9.17, 15) is 14.7 Å². The molecule has 0 unspecified atom stereocenters. The van der Waals surface area contributed by atoms with Crippen LogP contribution in [0.15, 0.2) is 42.5 Å². The summed E-state index contributed by atoms with van der Waals surface area (Å²) in [5, 5.41) is 10.7. The summed E-state index contributed by atoms with van der Waals surface area (Å²) in [4.78, 5) is 26.0. The zero-order valence-electron chi connectivity index (χ0n) is 18.8. The number of rotatable bonds is 15. The predicted octanol–water partition coefficient (Wildman–Crippen LogP) is 6.13. The van der Waals surface area contributed by atoms with E-state index in [1.807, 2.05) is 6.07 Å². The first kappa shape index (κ1) is 24.4. The first-order chi connectivity index (χ1) is 15.1. The standard InChI is InChI=1S/C26H35NO4/c1-3-5-7-11-17-27(18-12-8-6-4-2)21-15-16-22(24(29)19-21)26(30)23-13-9-10-14-25(23)31-20-28/h9-10,13-16,19-20,29H,3-8,11-12,17-18H2,1-2H3. The molecular formula is C26H35NO4. The van der Waals surface area contributed by atoms with Gasteiger partial charge in [-0.3, -0.25) is 9.59 Å². The van der Waals surface area contributed by atoms with Gasteiger partial charge in [0.15, 0.2) is 5.78 Å². The SMILES string of the molecule is CCCCCCN(CCCCCC)c1ccc(C(=O)c2ccccc2OC=O)c(O)c1. The van der Waals surface area contributed by atoms with Gasteiger partial charge < -0.3 is 14.7 Å².